The minimum atomic E-state index is -0.0957. The van der Waals surface area contributed by atoms with Crippen LogP contribution in [0.25, 0.3) is 0 Å². The summed E-state index contributed by atoms with van der Waals surface area (Å²) in [5.41, 5.74) is 0.587. The van der Waals surface area contributed by atoms with Gasteiger partial charge in [-0.3, -0.25) is 4.79 Å². The van der Waals surface area contributed by atoms with E-state index in [0.29, 0.717) is 16.6 Å². The van der Waals surface area contributed by atoms with Crippen LogP contribution in [-0.4, -0.2) is 18.3 Å². The molecular weight excluding hydrogens is 267 g/mol. The molecule has 0 saturated carbocycles. The zero-order chi connectivity index (χ0) is 10.6. The summed E-state index contributed by atoms with van der Waals surface area (Å²) in [7, 11) is 0. The van der Waals surface area contributed by atoms with Gasteiger partial charge in [0.25, 0.3) is 0 Å². The first-order valence-electron chi connectivity index (χ1n) is 4.20. The normalized spacial score (nSPS) is 9.93. The molecule has 0 atom stereocenters. The second-order valence-electron chi connectivity index (χ2n) is 2.63. The van der Waals surface area contributed by atoms with Gasteiger partial charge in [0, 0.05) is 10.0 Å². The second-order valence-corrected chi connectivity index (χ2v) is 3.75. The Morgan fingerprint density at radius 1 is 1.57 bits per heavy atom. The molecule has 0 aliphatic rings. The van der Waals surface area contributed by atoms with Crippen molar-refractivity contribution >= 4 is 33.3 Å². The fraction of sp³-hybridized carbons (Fsp3) is 0.300. The summed E-state index contributed by atoms with van der Waals surface area (Å²) in [6.45, 7) is 2.51. The number of carbonyl (C=O) groups is 1. The summed E-state index contributed by atoms with van der Waals surface area (Å²) in [6.07, 6.45) is 0. The van der Waals surface area contributed by atoms with Crippen molar-refractivity contribution in [2.75, 3.05) is 12.5 Å². The molecule has 76 valence electrons. The molecule has 0 N–H and O–H groups in total. The van der Waals surface area contributed by atoms with Gasteiger partial charge in [-0.1, -0.05) is 0 Å². The van der Waals surface area contributed by atoms with Crippen LogP contribution in [0.5, 0.6) is 5.75 Å². The van der Waals surface area contributed by atoms with Gasteiger partial charge in [-0.15, -0.1) is 11.6 Å². The van der Waals surface area contributed by atoms with E-state index in [0.717, 1.165) is 5.75 Å². The van der Waals surface area contributed by atoms with E-state index in [9.17, 15) is 4.79 Å². The molecule has 4 heteroatoms. The van der Waals surface area contributed by atoms with E-state index in [1.54, 1.807) is 18.2 Å². The van der Waals surface area contributed by atoms with Gasteiger partial charge in [0.1, 0.15) is 5.75 Å². The van der Waals surface area contributed by atoms with Crippen molar-refractivity contribution in [1.82, 2.24) is 0 Å². The Hall–Kier alpha value is -0.540. The number of ketones is 1. The highest BCUT2D eigenvalue weighted by atomic mass is 79.9. The third-order valence-electron chi connectivity index (χ3n) is 1.67. The van der Waals surface area contributed by atoms with E-state index in [2.05, 4.69) is 15.9 Å². The van der Waals surface area contributed by atoms with Crippen molar-refractivity contribution in [3.05, 3.63) is 28.2 Å². The van der Waals surface area contributed by atoms with E-state index in [1.165, 1.54) is 0 Å². The number of halogens is 2. The highest BCUT2D eigenvalue weighted by Crippen LogP contribution is 2.23. The van der Waals surface area contributed by atoms with Crippen LogP contribution in [0.1, 0.15) is 17.3 Å². The molecule has 0 unspecified atom stereocenters. The van der Waals surface area contributed by atoms with Crippen LogP contribution >= 0.6 is 27.5 Å². The van der Waals surface area contributed by atoms with Gasteiger partial charge in [-0.2, -0.15) is 0 Å². The van der Waals surface area contributed by atoms with E-state index < -0.39 is 0 Å². The monoisotopic (exact) mass is 276 g/mol. The van der Waals surface area contributed by atoms with Gasteiger partial charge in [0.2, 0.25) is 0 Å². The van der Waals surface area contributed by atoms with Crippen molar-refractivity contribution in [3.8, 4) is 5.75 Å². The average Bonchev–Trinajstić information content (AvgIpc) is 2.17. The summed E-state index contributed by atoms with van der Waals surface area (Å²) >= 11 is 8.76. The molecule has 0 heterocycles. The zero-order valence-corrected chi connectivity index (χ0v) is 10.1. The molecule has 0 radical (unpaired) electrons. The summed E-state index contributed by atoms with van der Waals surface area (Å²) in [5, 5.41) is 0. The van der Waals surface area contributed by atoms with Crippen molar-refractivity contribution in [2.24, 2.45) is 0 Å². The smallest absolute Gasteiger partial charge is 0.178 e. The average molecular weight is 278 g/mol. The van der Waals surface area contributed by atoms with Crippen LogP contribution in [0.15, 0.2) is 22.7 Å². The SMILES string of the molecule is CCOc1ccc(C(=O)CCl)c(Br)c1. The molecule has 1 aromatic rings. The Morgan fingerprint density at radius 2 is 2.29 bits per heavy atom. The molecule has 0 aliphatic carbocycles. The Balaban J connectivity index is 2.95. The Morgan fingerprint density at radius 3 is 2.79 bits per heavy atom. The number of alkyl halides is 1. The van der Waals surface area contributed by atoms with Crippen LogP contribution in [0.4, 0.5) is 0 Å². The van der Waals surface area contributed by atoms with E-state index in [4.69, 9.17) is 16.3 Å². The highest BCUT2D eigenvalue weighted by molar-refractivity contribution is 9.10. The van der Waals surface area contributed by atoms with Crippen LogP contribution in [0.3, 0.4) is 0 Å². The third kappa shape index (κ3) is 2.72. The summed E-state index contributed by atoms with van der Waals surface area (Å²) < 4.78 is 6.00. The van der Waals surface area contributed by atoms with Crippen molar-refractivity contribution in [1.29, 1.82) is 0 Å². The largest absolute Gasteiger partial charge is 0.494 e. The standard InChI is InChI=1S/C10H10BrClO2/c1-2-14-7-3-4-8(9(11)5-7)10(13)6-12/h3-5H,2,6H2,1H3. The van der Waals surface area contributed by atoms with Gasteiger partial charge in [-0.25, -0.2) is 0 Å². The zero-order valence-electron chi connectivity index (χ0n) is 7.72. The maximum atomic E-state index is 11.3. The van der Waals surface area contributed by atoms with Crippen molar-refractivity contribution in [2.45, 2.75) is 6.92 Å². The number of rotatable bonds is 4. The Kier molecular flexibility index (Phi) is 4.42. The lowest BCUT2D eigenvalue weighted by Crippen LogP contribution is -2.01. The molecule has 2 nitrogen and oxygen atoms in total. The second kappa shape index (κ2) is 5.37. The minimum absolute atomic E-state index is 0.00736. The van der Waals surface area contributed by atoms with Crippen LogP contribution in [0, 0.1) is 0 Å². The lowest BCUT2D eigenvalue weighted by molar-refractivity contribution is 0.102. The molecule has 0 spiro atoms. The Labute approximate surface area is 96.3 Å². The molecule has 0 aromatic heterocycles. The fourth-order valence-corrected chi connectivity index (χ4v) is 1.77. The molecule has 0 fully saturated rings. The highest BCUT2D eigenvalue weighted by Gasteiger charge is 2.09. The lowest BCUT2D eigenvalue weighted by Gasteiger charge is -2.05. The number of hydrogen-bond donors (Lipinski definition) is 0. The summed E-state index contributed by atoms with van der Waals surface area (Å²) in [4.78, 5) is 11.3. The summed E-state index contributed by atoms with van der Waals surface area (Å²) in [6, 6.07) is 5.23. The van der Waals surface area contributed by atoms with E-state index in [-0.39, 0.29) is 11.7 Å². The van der Waals surface area contributed by atoms with Crippen LogP contribution < -0.4 is 4.74 Å². The third-order valence-corrected chi connectivity index (χ3v) is 2.57. The van der Waals surface area contributed by atoms with Gasteiger partial charge in [0.15, 0.2) is 5.78 Å². The molecule has 1 rings (SSSR count). The number of Topliss-reactive ketones (excluding diaryl/α,β-unsaturated/α-hetero) is 1. The number of ether oxygens (including phenoxy) is 1. The number of carbonyl (C=O) groups excluding carboxylic acids is 1. The first-order valence-corrected chi connectivity index (χ1v) is 5.53. The van der Waals surface area contributed by atoms with E-state index in [1.807, 2.05) is 6.92 Å². The minimum Gasteiger partial charge on any atom is -0.494 e. The topological polar surface area (TPSA) is 26.3 Å². The van der Waals surface area contributed by atoms with Gasteiger partial charge < -0.3 is 4.74 Å². The first kappa shape index (κ1) is 11.5. The first-order chi connectivity index (χ1) is 6.69. The maximum absolute atomic E-state index is 11.3. The van der Waals surface area contributed by atoms with Gasteiger partial charge in [0.05, 0.1) is 12.5 Å². The summed E-state index contributed by atoms with van der Waals surface area (Å²) in [5.74, 6) is 0.638. The molecule has 0 amide bonds. The lowest BCUT2D eigenvalue weighted by atomic mass is 10.1. The molecule has 14 heavy (non-hydrogen) atoms. The molecule has 0 aliphatic heterocycles. The molecular formula is C10H10BrClO2. The predicted octanol–water partition coefficient (Wildman–Crippen LogP) is 3.27. The van der Waals surface area contributed by atoms with Crippen LogP contribution in [0.2, 0.25) is 0 Å². The van der Waals surface area contributed by atoms with Gasteiger partial charge in [-0.05, 0) is 41.1 Å². The molecule has 0 saturated heterocycles. The van der Waals surface area contributed by atoms with Crippen molar-refractivity contribution in [3.63, 3.8) is 0 Å². The Bertz CT molecular complexity index is 339. The maximum Gasteiger partial charge on any atom is 0.178 e. The predicted molar refractivity (Wildman–Crippen MR) is 60.4 cm³/mol. The van der Waals surface area contributed by atoms with E-state index >= 15 is 0 Å². The number of hydrogen-bond acceptors (Lipinski definition) is 2. The van der Waals surface area contributed by atoms with Crippen LogP contribution in [-0.2, 0) is 0 Å². The van der Waals surface area contributed by atoms with Crippen molar-refractivity contribution < 1.29 is 9.53 Å². The number of benzene rings is 1. The molecule has 1 aromatic carbocycles. The fourth-order valence-electron chi connectivity index (χ4n) is 1.05. The quantitative estimate of drug-likeness (QED) is 0.624. The molecule has 0 bridgehead atoms. The van der Waals surface area contributed by atoms with Gasteiger partial charge >= 0.3 is 0 Å².